The highest BCUT2D eigenvalue weighted by Crippen LogP contribution is 2.20. The van der Waals surface area contributed by atoms with Gasteiger partial charge in [-0.25, -0.2) is 0 Å². The molecule has 0 radical (unpaired) electrons. The van der Waals surface area contributed by atoms with Gasteiger partial charge in [-0.2, -0.15) is 0 Å². The van der Waals surface area contributed by atoms with E-state index in [4.69, 9.17) is 0 Å². The number of rotatable bonds is 4. The first-order valence-electron chi connectivity index (χ1n) is 7.04. The highest BCUT2D eigenvalue weighted by Gasteiger charge is 2.26. The molecule has 0 aromatic carbocycles. The van der Waals surface area contributed by atoms with Crippen LogP contribution in [-0.4, -0.2) is 41.1 Å². The minimum Gasteiger partial charge on any atom is -0.343 e. The number of piperidine rings is 1. The highest BCUT2D eigenvalue weighted by molar-refractivity contribution is 9.10. The average Bonchev–Trinajstić information content (AvgIpc) is 2.82. The molecule has 5 heteroatoms. The first kappa shape index (κ1) is 14.6. The Morgan fingerprint density at radius 1 is 1.47 bits per heavy atom. The number of carbonyl (C=O) groups excluding carboxylic acids is 1. The largest absolute Gasteiger partial charge is 0.343 e. The van der Waals surface area contributed by atoms with Crippen molar-refractivity contribution in [2.24, 2.45) is 0 Å². The van der Waals surface area contributed by atoms with Gasteiger partial charge in [0, 0.05) is 29.8 Å². The van der Waals surface area contributed by atoms with Crippen LogP contribution < -0.4 is 5.32 Å². The van der Waals surface area contributed by atoms with E-state index >= 15 is 0 Å². The van der Waals surface area contributed by atoms with Crippen molar-refractivity contribution in [3.63, 3.8) is 0 Å². The molecule has 0 bridgehead atoms. The standard InChI is InChI=1S/C14H22BrN3O/c1-3-17-10-11(15)9-13(17)14(19)18(4-2)12-5-7-16-8-6-12/h9-10,12,16H,3-8H2,1-2H3. The van der Waals surface area contributed by atoms with Gasteiger partial charge in [-0.1, -0.05) is 0 Å². The van der Waals surface area contributed by atoms with Gasteiger partial charge in [-0.15, -0.1) is 0 Å². The summed E-state index contributed by atoms with van der Waals surface area (Å²) in [6.07, 6.45) is 4.07. The van der Waals surface area contributed by atoms with E-state index in [1.54, 1.807) is 0 Å². The zero-order chi connectivity index (χ0) is 13.8. The fraction of sp³-hybridized carbons (Fsp3) is 0.643. The fourth-order valence-corrected chi connectivity index (χ4v) is 3.21. The fourth-order valence-electron chi connectivity index (χ4n) is 2.75. The SMILES string of the molecule is CCN(C(=O)c1cc(Br)cn1CC)C1CCNCC1. The minimum atomic E-state index is 0.155. The van der Waals surface area contributed by atoms with E-state index in [-0.39, 0.29) is 5.91 Å². The van der Waals surface area contributed by atoms with Crippen molar-refractivity contribution in [3.8, 4) is 0 Å². The van der Waals surface area contributed by atoms with Gasteiger partial charge in [0.1, 0.15) is 5.69 Å². The van der Waals surface area contributed by atoms with E-state index in [2.05, 4.69) is 35.1 Å². The first-order valence-corrected chi connectivity index (χ1v) is 7.84. The number of amides is 1. The Kier molecular flexibility index (Phi) is 5.05. The maximum Gasteiger partial charge on any atom is 0.270 e. The van der Waals surface area contributed by atoms with Gasteiger partial charge in [0.2, 0.25) is 0 Å². The van der Waals surface area contributed by atoms with Crippen LogP contribution in [0.1, 0.15) is 37.2 Å². The monoisotopic (exact) mass is 327 g/mol. The van der Waals surface area contributed by atoms with Crippen molar-refractivity contribution in [1.29, 1.82) is 0 Å². The van der Waals surface area contributed by atoms with Crippen molar-refractivity contribution in [2.75, 3.05) is 19.6 Å². The summed E-state index contributed by atoms with van der Waals surface area (Å²) >= 11 is 3.46. The molecule has 0 saturated carbocycles. The molecule has 0 atom stereocenters. The molecule has 1 aromatic heterocycles. The predicted octanol–water partition coefficient (Wildman–Crippen LogP) is 2.48. The van der Waals surface area contributed by atoms with Crippen LogP contribution in [-0.2, 0) is 6.54 Å². The van der Waals surface area contributed by atoms with Gasteiger partial charge in [-0.05, 0) is 61.8 Å². The lowest BCUT2D eigenvalue weighted by atomic mass is 10.0. The summed E-state index contributed by atoms with van der Waals surface area (Å²) in [4.78, 5) is 14.8. The summed E-state index contributed by atoms with van der Waals surface area (Å²) in [6, 6.07) is 2.30. The maximum absolute atomic E-state index is 12.7. The number of nitrogens with zero attached hydrogens (tertiary/aromatic N) is 2. The lowest BCUT2D eigenvalue weighted by molar-refractivity contribution is 0.0645. The second-order valence-corrected chi connectivity index (χ2v) is 5.82. The third-order valence-electron chi connectivity index (χ3n) is 3.77. The molecule has 0 unspecified atom stereocenters. The number of hydrogen-bond donors (Lipinski definition) is 1. The van der Waals surface area contributed by atoms with Gasteiger partial charge in [-0.3, -0.25) is 4.79 Å². The van der Waals surface area contributed by atoms with Crippen LogP contribution in [0.2, 0.25) is 0 Å². The van der Waals surface area contributed by atoms with Crippen molar-refractivity contribution in [3.05, 3.63) is 22.4 Å². The normalized spacial score (nSPS) is 16.6. The predicted molar refractivity (Wildman–Crippen MR) is 80.4 cm³/mol. The second-order valence-electron chi connectivity index (χ2n) is 4.90. The lowest BCUT2D eigenvalue weighted by Gasteiger charge is -2.34. The number of aryl methyl sites for hydroxylation is 1. The van der Waals surface area contributed by atoms with Gasteiger partial charge in [0.25, 0.3) is 5.91 Å². The molecule has 1 aliphatic heterocycles. The summed E-state index contributed by atoms with van der Waals surface area (Å²) in [7, 11) is 0. The molecule has 1 amide bonds. The summed E-state index contributed by atoms with van der Waals surface area (Å²) < 4.78 is 2.98. The van der Waals surface area contributed by atoms with E-state index in [0.717, 1.165) is 49.2 Å². The average molecular weight is 328 g/mol. The topological polar surface area (TPSA) is 37.3 Å². The maximum atomic E-state index is 12.7. The van der Waals surface area contributed by atoms with Crippen molar-refractivity contribution < 1.29 is 4.79 Å². The zero-order valence-corrected chi connectivity index (χ0v) is 13.2. The van der Waals surface area contributed by atoms with Gasteiger partial charge in [0.05, 0.1) is 0 Å². The number of hydrogen-bond acceptors (Lipinski definition) is 2. The molecule has 1 N–H and O–H groups in total. The Bertz CT molecular complexity index is 438. The third-order valence-corrected chi connectivity index (χ3v) is 4.21. The van der Waals surface area contributed by atoms with Crippen molar-refractivity contribution in [2.45, 2.75) is 39.3 Å². The molecule has 1 aromatic rings. The summed E-state index contributed by atoms with van der Waals surface area (Å²) in [5.74, 6) is 0.155. The van der Waals surface area contributed by atoms with E-state index in [9.17, 15) is 4.79 Å². The molecule has 0 aliphatic carbocycles. The van der Waals surface area contributed by atoms with E-state index in [1.807, 2.05) is 21.7 Å². The number of halogens is 1. The van der Waals surface area contributed by atoms with Gasteiger partial charge >= 0.3 is 0 Å². The van der Waals surface area contributed by atoms with Crippen molar-refractivity contribution in [1.82, 2.24) is 14.8 Å². The molecule has 106 valence electrons. The quantitative estimate of drug-likeness (QED) is 0.922. The van der Waals surface area contributed by atoms with E-state index in [0.29, 0.717) is 6.04 Å². The van der Waals surface area contributed by atoms with E-state index in [1.165, 1.54) is 0 Å². The molecule has 2 rings (SSSR count). The first-order chi connectivity index (χ1) is 9.17. The Balaban J connectivity index is 2.19. The third kappa shape index (κ3) is 3.20. The van der Waals surface area contributed by atoms with Crippen LogP contribution in [0.5, 0.6) is 0 Å². The van der Waals surface area contributed by atoms with Crippen LogP contribution in [0.25, 0.3) is 0 Å². The molecule has 19 heavy (non-hydrogen) atoms. The van der Waals surface area contributed by atoms with Crippen LogP contribution in [0.3, 0.4) is 0 Å². The Labute approximate surface area is 123 Å². The van der Waals surface area contributed by atoms with Crippen LogP contribution >= 0.6 is 15.9 Å². The summed E-state index contributed by atoms with van der Waals surface area (Å²) in [5.41, 5.74) is 0.787. The lowest BCUT2D eigenvalue weighted by Crippen LogP contribution is -2.46. The second kappa shape index (κ2) is 6.57. The van der Waals surface area contributed by atoms with Gasteiger partial charge in [0.15, 0.2) is 0 Å². The number of nitrogens with one attached hydrogen (secondary N) is 1. The van der Waals surface area contributed by atoms with Crippen LogP contribution in [0.15, 0.2) is 16.7 Å². The molecule has 1 saturated heterocycles. The number of carbonyl (C=O) groups is 1. The molecular weight excluding hydrogens is 306 g/mol. The molecule has 1 fully saturated rings. The van der Waals surface area contributed by atoms with Gasteiger partial charge < -0.3 is 14.8 Å². The highest BCUT2D eigenvalue weighted by atomic mass is 79.9. The molecular formula is C14H22BrN3O. The zero-order valence-electron chi connectivity index (χ0n) is 11.7. The molecule has 2 heterocycles. The Morgan fingerprint density at radius 2 is 2.16 bits per heavy atom. The molecule has 4 nitrogen and oxygen atoms in total. The molecule has 0 spiro atoms. The van der Waals surface area contributed by atoms with Crippen LogP contribution in [0.4, 0.5) is 0 Å². The summed E-state index contributed by atoms with van der Waals surface area (Å²) in [5, 5.41) is 3.35. The van der Waals surface area contributed by atoms with E-state index < -0.39 is 0 Å². The smallest absolute Gasteiger partial charge is 0.270 e. The Hall–Kier alpha value is -0.810. The minimum absolute atomic E-state index is 0.155. The summed E-state index contributed by atoms with van der Waals surface area (Å²) in [6.45, 7) is 7.73. The van der Waals surface area contributed by atoms with Crippen molar-refractivity contribution >= 4 is 21.8 Å². The van der Waals surface area contributed by atoms with Crippen LogP contribution in [0, 0.1) is 0 Å². The Morgan fingerprint density at radius 3 is 2.74 bits per heavy atom. The number of aromatic nitrogens is 1. The molecule has 1 aliphatic rings.